The molecule has 0 aromatic rings. The van der Waals surface area contributed by atoms with E-state index in [2.05, 4.69) is 0 Å². The van der Waals surface area contributed by atoms with Gasteiger partial charge in [0.15, 0.2) is 6.17 Å². The molecule has 0 fully saturated rings. The fraction of sp³-hybridized carbons (Fsp3) is 0.556. The Bertz CT molecular complexity index is 344. The van der Waals surface area contributed by atoms with Crippen molar-refractivity contribution in [2.45, 2.75) is 23.9 Å². The first-order chi connectivity index (χ1) is 7.50. The first-order valence-corrected chi connectivity index (χ1v) is 4.52. The van der Waals surface area contributed by atoms with Crippen LogP contribution in [-0.4, -0.2) is 23.9 Å². The van der Waals surface area contributed by atoms with Gasteiger partial charge in [0.25, 0.3) is 0 Å². The normalized spacial score (nSPS) is 26.0. The molecule has 1 rings (SSSR count). The Morgan fingerprint density at radius 2 is 1.59 bits per heavy atom. The number of nitrogens with two attached hydrogens (primary N) is 2. The van der Waals surface area contributed by atoms with Crippen molar-refractivity contribution in [3.63, 3.8) is 0 Å². The molecule has 2 unspecified atom stereocenters. The zero-order chi connectivity index (χ0) is 13.5. The molecule has 0 bridgehead atoms. The van der Waals surface area contributed by atoms with E-state index < -0.39 is 29.9 Å². The van der Waals surface area contributed by atoms with E-state index in [0.717, 1.165) is 18.2 Å². The lowest BCUT2D eigenvalue weighted by Crippen LogP contribution is -2.61. The molecular weight excluding hydrogens is 250 g/mol. The molecule has 0 aliphatic heterocycles. The van der Waals surface area contributed by atoms with Gasteiger partial charge in [-0.25, -0.2) is 4.39 Å². The summed E-state index contributed by atoms with van der Waals surface area (Å²) >= 11 is 0. The molecule has 0 aromatic carbocycles. The zero-order valence-corrected chi connectivity index (χ0v) is 8.39. The van der Waals surface area contributed by atoms with Crippen LogP contribution in [0.4, 0.5) is 26.3 Å². The van der Waals surface area contributed by atoms with E-state index in [1.165, 1.54) is 6.08 Å². The second kappa shape index (κ2) is 4.02. The van der Waals surface area contributed by atoms with Gasteiger partial charge in [0, 0.05) is 5.92 Å². The summed E-state index contributed by atoms with van der Waals surface area (Å²) in [6.45, 7) is 0. The summed E-state index contributed by atoms with van der Waals surface area (Å²) in [5.41, 5.74) is 8.44. The molecule has 0 amide bonds. The number of allylic oxidation sites excluding steroid dienone is 2. The predicted molar refractivity (Wildman–Crippen MR) is 48.8 cm³/mol. The molecule has 98 valence electrons. The first kappa shape index (κ1) is 14.0. The van der Waals surface area contributed by atoms with Crippen molar-refractivity contribution < 1.29 is 26.3 Å². The minimum Gasteiger partial charge on any atom is -0.310 e. The van der Waals surface area contributed by atoms with Crippen molar-refractivity contribution in [3.05, 3.63) is 24.3 Å². The SMILES string of the molecule is NC1(N)C=CC=CC1C(F)C(F)(F)C(F)(F)F. The topological polar surface area (TPSA) is 52.0 Å². The van der Waals surface area contributed by atoms with Crippen LogP contribution in [0.25, 0.3) is 0 Å². The van der Waals surface area contributed by atoms with Crippen LogP contribution in [0.15, 0.2) is 24.3 Å². The van der Waals surface area contributed by atoms with Crippen LogP contribution in [0.2, 0.25) is 0 Å². The van der Waals surface area contributed by atoms with Gasteiger partial charge in [-0.2, -0.15) is 22.0 Å². The second-order valence-corrected chi connectivity index (χ2v) is 3.79. The maximum atomic E-state index is 13.3. The lowest BCUT2D eigenvalue weighted by molar-refractivity contribution is -0.308. The molecule has 2 atom stereocenters. The van der Waals surface area contributed by atoms with Gasteiger partial charge < -0.3 is 11.5 Å². The van der Waals surface area contributed by atoms with Crippen LogP contribution < -0.4 is 11.5 Å². The van der Waals surface area contributed by atoms with Crippen molar-refractivity contribution in [2.24, 2.45) is 17.4 Å². The minimum atomic E-state index is -5.99. The lowest BCUT2D eigenvalue weighted by atomic mass is 9.83. The van der Waals surface area contributed by atoms with E-state index in [4.69, 9.17) is 11.5 Å². The second-order valence-electron chi connectivity index (χ2n) is 3.79. The first-order valence-electron chi connectivity index (χ1n) is 4.52. The summed E-state index contributed by atoms with van der Waals surface area (Å²) in [6, 6.07) is 0. The summed E-state index contributed by atoms with van der Waals surface area (Å²) < 4.78 is 74.8. The highest BCUT2D eigenvalue weighted by molar-refractivity contribution is 5.24. The summed E-state index contributed by atoms with van der Waals surface area (Å²) in [5, 5.41) is 0. The van der Waals surface area contributed by atoms with Gasteiger partial charge in [-0.15, -0.1) is 0 Å². The molecule has 0 saturated heterocycles. The minimum absolute atomic E-state index is 0.796. The highest BCUT2D eigenvalue weighted by Crippen LogP contribution is 2.44. The fourth-order valence-electron chi connectivity index (χ4n) is 1.42. The fourth-order valence-corrected chi connectivity index (χ4v) is 1.42. The average Bonchev–Trinajstić information content (AvgIpc) is 2.14. The summed E-state index contributed by atoms with van der Waals surface area (Å²) in [6.07, 6.45) is -5.41. The third kappa shape index (κ3) is 2.47. The van der Waals surface area contributed by atoms with Crippen LogP contribution >= 0.6 is 0 Å². The van der Waals surface area contributed by atoms with Gasteiger partial charge in [-0.3, -0.25) is 0 Å². The molecule has 0 saturated carbocycles. The smallest absolute Gasteiger partial charge is 0.310 e. The Balaban J connectivity index is 3.02. The molecule has 0 spiro atoms. The average molecular weight is 260 g/mol. The molecule has 0 heterocycles. The maximum Gasteiger partial charge on any atom is 0.456 e. The van der Waals surface area contributed by atoms with Crippen molar-refractivity contribution in [1.29, 1.82) is 0 Å². The Labute approximate surface area is 92.9 Å². The van der Waals surface area contributed by atoms with Crippen molar-refractivity contribution in [2.75, 3.05) is 0 Å². The van der Waals surface area contributed by atoms with E-state index in [9.17, 15) is 26.3 Å². The van der Waals surface area contributed by atoms with Crippen LogP contribution in [0, 0.1) is 5.92 Å². The predicted octanol–water partition coefficient (Wildman–Crippen LogP) is 1.88. The van der Waals surface area contributed by atoms with Crippen LogP contribution in [-0.2, 0) is 0 Å². The highest BCUT2D eigenvalue weighted by Gasteiger charge is 2.66. The molecule has 1 aliphatic carbocycles. The number of alkyl halides is 6. The van der Waals surface area contributed by atoms with Crippen LogP contribution in [0.3, 0.4) is 0 Å². The Kier molecular flexibility index (Phi) is 3.32. The number of hydrogen-bond acceptors (Lipinski definition) is 2. The van der Waals surface area contributed by atoms with Gasteiger partial charge in [-0.05, 0) is 6.08 Å². The molecule has 2 nitrogen and oxygen atoms in total. The zero-order valence-electron chi connectivity index (χ0n) is 8.39. The monoisotopic (exact) mass is 260 g/mol. The third-order valence-electron chi connectivity index (χ3n) is 2.43. The molecule has 1 aliphatic rings. The van der Waals surface area contributed by atoms with Crippen molar-refractivity contribution in [3.8, 4) is 0 Å². The number of halogens is 6. The standard InChI is InChI=1S/C9H10F6N2/c10-6(8(11,12)9(13,14)15)5-3-1-2-4-7(5,16)17/h1-6H,16-17H2. The van der Waals surface area contributed by atoms with Crippen molar-refractivity contribution in [1.82, 2.24) is 0 Å². The summed E-state index contributed by atoms with van der Waals surface area (Å²) in [4.78, 5) is 0. The van der Waals surface area contributed by atoms with E-state index in [0.29, 0.717) is 0 Å². The molecule has 0 aromatic heterocycles. The Morgan fingerprint density at radius 3 is 2.00 bits per heavy atom. The van der Waals surface area contributed by atoms with Gasteiger partial charge in [0.1, 0.15) is 0 Å². The van der Waals surface area contributed by atoms with E-state index in [1.807, 2.05) is 0 Å². The molecule has 0 radical (unpaired) electrons. The highest BCUT2D eigenvalue weighted by atomic mass is 19.4. The van der Waals surface area contributed by atoms with E-state index in [-0.39, 0.29) is 0 Å². The quantitative estimate of drug-likeness (QED) is 0.588. The van der Waals surface area contributed by atoms with Crippen LogP contribution in [0.1, 0.15) is 0 Å². The largest absolute Gasteiger partial charge is 0.456 e. The Morgan fingerprint density at radius 1 is 1.06 bits per heavy atom. The van der Waals surface area contributed by atoms with Crippen molar-refractivity contribution >= 4 is 0 Å². The van der Waals surface area contributed by atoms with Gasteiger partial charge >= 0.3 is 12.1 Å². The maximum absolute atomic E-state index is 13.3. The molecule has 8 heteroatoms. The van der Waals surface area contributed by atoms with E-state index in [1.54, 1.807) is 0 Å². The number of hydrogen-bond donors (Lipinski definition) is 2. The van der Waals surface area contributed by atoms with Gasteiger partial charge in [0.05, 0.1) is 5.66 Å². The van der Waals surface area contributed by atoms with E-state index >= 15 is 0 Å². The molecule has 4 N–H and O–H groups in total. The lowest BCUT2D eigenvalue weighted by Gasteiger charge is -2.36. The molecule has 17 heavy (non-hydrogen) atoms. The number of rotatable bonds is 2. The van der Waals surface area contributed by atoms with Crippen LogP contribution in [0.5, 0.6) is 0 Å². The third-order valence-corrected chi connectivity index (χ3v) is 2.43. The Hall–Kier alpha value is -1.02. The summed E-state index contributed by atoms with van der Waals surface area (Å²) in [7, 11) is 0. The summed E-state index contributed by atoms with van der Waals surface area (Å²) in [5.74, 6) is -7.46. The molecular formula is C9H10F6N2. The van der Waals surface area contributed by atoms with Gasteiger partial charge in [0.2, 0.25) is 0 Å². The van der Waals surface area contributed by atoms with Gasteiger partial charge in [-0.1, -0.05) is 18.2 Å².